The second kappa shape index (κ2) is 6.36. The normalized spacial score (nSPS) is 12.4. The Morgan fingerprint density at radius 3 is 2.52 bits per heavy atom. The Labute approximate surface area is 148 Å². The summed E-state index contributed by atoms with van der Waals surface area (Å²) in [7, 11) is -7.54. The fourth-order valence-corrected chi connectivity index (χ4v) is 5.58. The summed E-state index contributed by atoms with van der Waals surface area (Å²) in [5, 5.41) is 0. The van der Waals surface area contributed by atoms with Crippen molar-refractivity contribution in [1.82, 2.24) is 4.98 Å². The van der Waals surface area contributed by atoms with E-state index in [1.54, 1.807) is 0 Å². The van der Waals surface area contributed by atoms with Crippen LogP contribution in [0, 0.1) is 5.82 Å². The molecule has 0 aliphatic carbocycles. The number of sulfone groups is 1. The first kappa shape index (κ1) is 17.8. The van der Waals surface area contributed by atoms with E-state index in [-0.39, 0.29) is 15.8 Å². The van der Waals surface area contributed by atoms with Crippen molar-refractivity contribution < 1.29 is 21.2 Å². The molecule has 0 aliphatic rings. The Balaban J connectivity index is 1.99. The second-order valence-corrected chi connectivity index (χ2v) is 10.2. The fourth-order valence-electron chi connectivity index (χ4n) is 2.10. The zero-order chi connectivity index (χ0) is 18.2. The molecule has 10 heteroatoms. The maximum atomic E-state index is 13.7. The van der Waals surface area contributed by atoms with E-state index in [4.69, 9.17) is 0 Å². The molecule has 25 heavy (non-hydrogen) atoms. The smallest absolute Gasteiger partial charge is 0.264 e. The zero-order valence-corrected chi connectivity index (χ0v) is 15.4. The molecule has 1 N–H and O–H groups in total. The first-order valence-electron chi connectivity index (χ1n) is 7.13. The molecule has 3 rings (SSSR count). The summed E-state index contributed by atoms with van der Waals surface area (Å²) in [5.74, 6) is -0.926. The van der Waals surface area contributed by atoms with Gasteiger partial charge in [0.1, 0.15) is 10.7 Å². The highest BCUT2D eigenvalue weighted by molar-refractivity contribution is 7.93. The molecule has 6 nitrogen and oxygen atoms in total. The molecule has 0 fully saturated rings. The van der Waals surface area contributed by atoms with Crippen molar-refractivity contribution in [2.45, 2.75) is 16.2 Å². The predicted octanol–water partition coefficient (Wildman–Crippen LogP) is 3.03. The quantitative estimate of drug-likeness (QED) is 0.711. The van der Waals surface area contributed by atoms with Crippen LogP contribution in [0.15, 0.2) is 51.7 Å². The number of hydrogen-bond acceptors (Lipinski definition) is 6. The molecule has 1 aromatic heterocycles. The fraction of sp³-hybridized carbons (Fsp3) is 0.133. The molecule has 0 saturated carbocycles. The van der Waals surface area contributed by atoms with Gasteiger partial charge in [0, 0.05) is 0 Å². The van der Waals surface area contributed by atoms with Gasteiger partial charge >= 0.3 is 0 Å². The molecule has 0 spiro atoms. The van der Waals surface area contributed by atoms with E-state index >= 15 is 0 Å². The third-order valence-electron chi connectivity index (χ3n) is 3.39. The molecule has 0 radical (unpaired) electrons. The van der Waals surface area contributed by atoms with Crippen LogP contribution in [0.1, 0.15) is 6.92 Å². The number of aromatic nitrogens is 1. The number of thiazole rings is 1. The lowest BCUT2D eigenvalue weighted by Crippen LogP contribution is -2.14. The van der Waals surface area contributed by atoms with E-state index in [1.807, 2.05) is 0 Å². The van der Waals surface area contributed by atoms with Gasteiger partial charge < -0.3 is 0 Å². The van der Waals surface area contributed by atoms with Gasteiger partial charge in [0.25, 0.3) is 10.0 Å². The summed E-state index contributed by atoms with van der Waals surface area (Å²) in [6.07, 6.45) is 0. The highest BCUT2D eigenvalue weighted by atomic mass is 32.2. The standard InChI is InChI=1S/C15H13FN2O4S3/c1-2-24(19,20)15-17-12-8-7-10(9-13(12)23-15)18-25(21,22)14-6-4-3-5-11(14)16/h3-9,18H,2H2,1H3. The van der Waals surface area contributed by atoms with Gasteiger partial charge in [-0.2, -0.15) is 0 Å². The molecular weight excluding hydrogens is 387 g/mol. The molecule has 132 valence electrons. The molecule has 0 atom stereocenters. The van der Waals surface area contributed by atoms with E-state index in [0.717, 1.165) is 23.5 Å². The number of hydrogen-bond donors (Lipinski definition) is 1. The van der Waals surface area contributed by atoms with Crippen LogP contribution in [0.5, 0.6) is 0 Å². The Kier molecular flexibility index (Phi) is 4.52. The monoisotopic (exact) mass is 400 g/mol. The van der Waals surface area contributed by atoms with Crippen molar-refractivity contribution in [2.75, 3.05) is 10.5 Å². The van der Waals surface area contributed by atoms with Gasteiger partial charge in [-0.1, -0.05) is 19.1 Å². The number of rotatable bonds is 5. The Bertz CT molecular complexity index is 1150. The van der Waals surface area contributed by atoms with Gasteiger partial charge in [-0.15, -0.1) is 11.3 Å². The van der Waals surface area contributed by atoms with Crippen molar-refractivity contribution in [3.63, 3.8) is 0 Å². The van der Waals surface area contributed by atoms with Crippen LogP contribution >= 0.6 is 11.3 Å². The molecular formula is C15H13FN2O4S3. The van der Waals surface area contributed by atoms with Gasteiger partial charge in [0.15, 0.2) is 0 Å². The van der Waals surface area contributed by atoms with Crippen LogP contribution in [0.4, 0.5) is 10.1 Å². The Morgan fingerprint density at radius 2 is 1.84 bits per heavy atom. The highest BCUT2D eigenvalue weighted by Crippen LogP contribution is 2.29. The molecule has 0 saturated heterocycles. The first-order valence-corrected chi connectivity index (χ1v) is 11.1. The Morgan fingerprint density at radius 1 is 1.12 bits per heavy atom. The first-order chi connectivity index (χ1) is 11.7. The van der Waals surface area contributed by atoms with Gasteiger partial charge in [0.05, 0.1) is 21.7 Å². The van der Waals surface area contributed by atoms with Crippen molar-refractivity contribution >= 4 is 47.1 Å². The van der Waals surface area contributed by atoms with Crippen molar-refractivity contribution in [3.05, 3.63) is 48.3 Å². The number of sulfonamides is 1. The number of nitrogens with one attached hydrogen (secondary N) is 1. The van der Waals surface area contributed by atoms with Crippen LogP contribution in [0.25, 0.3) is 10.2 Å². The van der Waals surface area contributed by atoms with Crippen molar-refractivity contribution in [3.8, 4) is 0 Å². The van der Waals surface area contributed by atoms with Crippen LogP contribution < -0.4 is 4.72 Å². The van der Waals surface area contributed by atoms with Crippen molar-refractivity contribution in [1.29, 1.82) is 0 Å². The zero-order valence-electron chi connectivity index (χ0n) is 12.9. The SMILES string of the molecule is CCS(=O)(=O)c1nc2ccc(NS(=O)(=O)c3ccccc3F)cc2s1. The molecule has 1 heterocycles. The summed E-state index contributed by atoms with van der Waals surface area (Å²) in [5.41, 5.74) is 0.644. The van der Waals surface area contributed by atoms with Gasteiger partial charge in [-0.05, 0) is 30.3 Å². The summed E-state index contributed by atoms with van der Waals surface area (Å²) < 4.78 is 64.9. The van der Waals surface area contributed by atoms with E-state index < -0.39 is 30.6 Å². The van der Waals surface area contributed by atoms with Gasteiger partial charge in [-0.3, -0.25) is 4.72 Å². The average Bonchev–Trinajstić information content (AvgIpc) is 2.99. The minimum absolute atomic E-state index is 0.0147. The molecule has 0 aliphatic heterocycles. The summed E-state index contributed by atoms with van der Waals surface area (Å²) in [6.45, 7) is 1.52. The largest absolute Gasteiger partial charge is 0.279 e. The summed E-state index contributed by atoms with van der Waals surface area (Å²) >= 11 is 0.960. The average molecular weight is 400 g/mol. The number of anilines is 1. The van der Waals surface area contributed by atoms with E-state index in [9.17, 15) is 21.2 Å². The molecule has 0 unspecified atom stereocenters. The lowest BCUT2D eigenvalue weighted by atomic mass is 10.3. The summed E-state index contributed by atoms with van der Waals surface area (Å²) in [6, 6.07) is 9.47. The third kappa shape index (κ3) is 3.51. The number of benzene rings is 2. The minimum Gasteiger partial charge on any atom is -0.279 e. The second-order valence-electron chi connectivity index (χ2n) is 5.10. The van der Waals surface area contributed by atoms with Crippen LogP contribution in [0.2, 0.25) is 0 Å². The maximum Gasteiger partial charge on any atom is 0.264 e. The van der Waals surface area contributed by atoms with Crippen molar-refractivity contribution in [2.24, 2.45) is 0 Å². The lowest BCUT2D eigenvalue weighted by Gasteiger charge is -2.08. The summed E-state index contributed by atoms with van der Waals surface area (Å²) in [4.78, 5) is 3.59. The van der Waals surface area contributed by atoms with Crippen LogP contribution in [0.3, 0.4) is 0 Å². The maximum absolute atomic E-state index is 13.7. The van der Waals surface area contributed by atoms with Gasteiger partial charge in [-0.25, -0.2) is 26.2 Å². The lowest BCUT2D eigenvalue weighted by molar-refractivity contribution is 0.570. The Hall–Kier alpha value is -2.04. The minimum atomic E-state index is -4.10. The predicted molar refractivity (Wildman–Crippen MR) is 94.6 cm³/mol. The topological polar surface area (TPSA) is 93.2 Å². The van der Waals surface area contributed by atoms with E-state index in [0.29, 0.717) is 10.2 Å². The molecule has 2 aromatic carbocycles. The van der Waals surface area contributed by atoms with E-state index in [1.165, 1.54) is 37.3 Å². The van der Waals surface area contributed by atoms with Crippen LogP contribution in [-0.2, 0) is 19.9 Å². The molecule has 0 bridgehead atoms. The number of nitrogens with zero attached hydrogens (tertiary/aromatic N) is 1. The third-order valence-corrected chi connectivity index (χ3v) is 8.02. The molecule has 0 amide bonds. The van der Waals surface area contributed by atoms with E-state index in [2.05, 4.69) is 9.71 Å². The molecule has 3 aromatic rings. The van der Waals surface area contributed by atoms with Crippen LogP contribution in [-0.4, -0.2) is 27.6 Å². The number of fused-ring (bicyclic) bond motifs is 1. The number of halogens is 1. The highest BCUT2D eigenvalue weighted by Gasteiger charge is 2.20. The van der Waals surface area contributed by atoms with Gasteiger partial charge in [0.2, 0.25) is 14.2 Å².